The number of carbonyl (C=O) groups excluding carboxylic acids is 1. The van der Waals surface area contributed by atoms with Gasteiger partial charge in [-0.15, -0.1) is 0 Å². The highest BCUT2D eigenvalue weighted by molar-refractivity contribution is 7.08. The molecule has 3 aromatic rings. The van der Waals surface area contributed by atoms with Crippen molar-refractivity contribution in [2.24, 2.45) is 0 Å². The highest BCUT2D eigenvalue weighted by Gasteiger charge is 2.28. The number of rotatable bonds is 4. The molecule has 2 aromatic heterocycles. The van der Waals surface area contributed by atoms with Crippen molar-refractivity contribution >= 4 is 28.8 Å². The van der Waals surface area contributed by atoms with Crippen molar-refractivity contribution in [1.82, 2.24) is 19.9 Å². The zero-order valence-corrected chi connectivity index (χ0v) is 16.4. The predicted molar refractivity (Wildman–Crippen MR) is 105 cm³/mol. The predicted octanol–water partition coefficient (Wildman–Crippen LogP) is 3.97. The number of aromatic nitrogens is 2. The van der Waals surface area contributed by atoms with Gasteiger partial charge in [0.1, 0.15) is 0 Å². The van der Waals surface area contributed by atoms with Crippen molar-refractivity contribution < 1.29 is 9.32 Å². The number of carbonyl (C=O) groups is 1. The summed E-state index contributed by atoms with van der Waals surface area (Å²) in [6.07, 6.45) is 0. The van der Waals surface area contributed by atoms with Crippen LogP contribution in [0.4, 0.5) is 0 Å². The molecule has 1 fully saturated rings. The van der Waals surface area contributed by atoms with Crippen molar-refractivity contribution in [2.45, 2.75) is 13.0 Å². The third-order valence-electron chi connectivity index (χ3n) is 4.82. The molecule has 0 bridgehead atoms. The van der Waals surface area contributed by atoms with E-state index in [4.69, 9.17) is 16.1 Å². The van der Waals surface area contributed by atoms with Gasteiger partial charge in [-0.2, -0.15) is 16.3 Å². The lowest BCUT2D eigenvalue weighted by Gasteiger charge is -2.36. The van der Waals surface area contributed by atoms with Gasteiger partial charge in [0.05, 0.1) is 11.6 Å². The third kappa shape index (κ3) is 3.90. The zero-order chi connectivity index (χ0) is 18.8. The number of hydrogen-bond acceptors (Lipinski definition) is 6. The van der Waals surface area contributed by atoms with Crippen LogP contribution >= 0.6 is 22.9 Å². The normalized spacial score (nSPS) is 16.4. The number of piperazine rings is 1. The Bertz CT molecular complexity index is 902. The van der Waals surface area contributed by atoms with Gasteiger partial charge in [-0.3, -0.25) is 9.69 Å². The van der Waals surface area contributed by atoms with Gasteiger partial charge in [0.2, 0.25) is 11.7 Å². The van der Waals surface area contributed by atoms with Crippen LogP contribution in [-0.4, -0.2) is 52.0 Å². The Morgan fingerprint density at radius 3 is 2.59 bits per heavy atom. The first-order chi connectivity index (χ1) is 13.1. The second-order valence-electron chi connectivity index (χ2n) is 6.48. The smallest absolute Gasteiger partial charge is 0.254 e. The van der Waals surface area contributed by atoms with Crippen molar-refractivity contribution in [3.05, 3.63) is 57.6 Å². The average molecular weight is 403 g/mol. The lowest BCUT2D eigenvalue weighted by molar-refractivity contribution is 0.0552. The first-order valence-corrected chi connectivity index (χ1v) is 10.1. The molecule has 0 radical (unpaired) electrons. The van der Waals surface area contributed by atoms with Crippen LogP contribution in [0.25, 0.3) is 11.4 Å². The van der Waals surface area contributed by atoms with E-state index >= 15 is 0 Å². The van der Waals surface area contributed by atoms with E-state index in [0.29, 0.717) is 29.8 Å². The Balaban J connectivity index is 1.39. The second-order valence-corrected chi connectivity index (χ2v) is 7.70. The number of benzene rings is 1. The largest absolute Gasteiger partial charge is 0.337 e. The van der Waals surface area contributed by atoms with E-state index in [1.807, 2.05) is 33.9 Å². The van der Waals surface area contributed by atoms with Crippen LogP contribution in [0.5, 0.6) is 0 Å². The van der Waals surface area contributed by atoms with Gasteiger partial charge in [0.15, 0.2) is 0 Å². The summed E-state index contributed by atoms with van der Waals surface area (Å²) in [5.41, 5.74) is 1.64. The Morgan fingerprint density at radius 1 is 1.19 bits per heavy atom. The van der Waals surface area contributed by atoms with E-state index in [2.05, 4.69) is 22.0 Å². The lowest BCUT2D eigenvalue weighted by atomic mass is 10.2. The van der Waals surface area contributed by atoms with E-state index in [0.717, 1.165) is 24.2 Å². The number of nitrogens with zero attached hydrogens (tertiary/aromatic N) is 4. The summed E-state index contributed by atoms with van der Waals surface area (Å²) in [5, 5.41) is 8.59. The highest BCUT2D eigenvalue weighted by Crippen LogP contribution is 2.24. The van der Waals surface area contributed by atoms with Crippen molar-refractivity contribution in [2.75, 3.05) is 26.2 Å². The molecule has 1 aliphatic rings. The molecular formula is C19H19ClN4O2S. The van der Waals surface area contributed by atoms with Crippen LogP contribution in [0.2, 0.25) is 5.02 Å². The molecule has 1 aliphatic heterocycles. The first kappa shape index (κ1) is 18.2. The Hall–Kier alpha value is -2.22. The number of hydrogen-bond donors (Lipinski definition) is 0. The minimum atomic E-state index is -0.00282. The van der Waals surface area contributed by atoms with Crippen LogP contribution < -0.4 is 0 Å². The number of amides is 1. The second kappa shape index (κ2) is 7.80. The molecule has 27 heavy (non-hydrogen) atoms. The van der Waals surface area contributed by atoms with Crippen LogP contribution in [0.15, 0.2) is 45.6 Å². The fourth-order valence-electron chi connectivity index (χ4n) is 3.16. The Kier molecular flexibility index (Phi) is 5.24. The van der Waals surface area contributed by atoms with E-state index in [9.17, 15) is 4.79 Å². The lowest BCUT2D eigenvalue weighted by Crippen LogP contribution is -2.49. The summed E-state index contributed by atoms with van der Waals surface area (Å²) in [6, 6.07) is 9.23. The molecular weight excluding hydrogens is 384 g/mol. The van der Waals surface area contributed by atoms with Gasteiger partial charge in [0, 0.05) is 42.1 Å². The van der Waals surface area contributed by atoms with Gasteiger partial charge in [0.25, 0.3) is 5.91 Å². The fraction of sp³-hybridized carbons (Fsp3) is 0.316. The van der Waals surface area contributed by atoms with Crippen LogP contribution in [0, 0.1) is 0 Å². The highest BCUT2D eigenvalue weighted by atomic mass is 35.5. The van der Waals surface area contributed by atoms with Crippen LogP contribution in [0.3, 0.4) is 0 Å². The van der Waals surface area contributed by atoms with Crippen LogP contribution in [-0.2, 0) is 0 Å². The average Bonchev–Trinajstić information content (AvgIpc) is 3.40. The molecule has 0 N–H and O–H groups in total. The molecule has 140 valence electrons. The molecule has 0 spiro atoms. The Labute approximate surface area is 166 Å². The topological polar surface area (TPSA) is 62.5 Å². The van der Waals surface area contributed by atoms with E-state index in [-0.39, 0.29) is 11.9 Å². The quantitative estimate of drug-likeness (QED) is 0.660. The molecule has 6 nitrogen and oxygen atoms in total. The van der Waals surface area contributed by atoms with Gasteiger partial charge in [-0.25, -0.2) is 0 Å². The maximum absolute atomic E-state index is 12.5. The van der Waals surface area contributed by atoms with Crippen molar-refractivity contribution in [1.29, 1.82) is 0 Å². The molecule has 0 saturated carbocycles. The molecule has 0 aliphatic carbocycles. The van der Waals surface area contributed by atoms with E-state index in [1.54, 1.807) is 23.5 Å². The zero-order valence-electron chi connectivity index (χ0n) is 14.8. The summed E-state index contributed by atoms with van der Waals surface area (Å²) in [6.45, 7) is 4.98. The standard InChI is InChI=1S/C19H19ClN4O2S/c1-13(18-21-17(22-26-18)14-2-4-16(20)5-3-14)23-7-9-24(10-8-23)19(25)15-6-11-27-12-15/h2-6,11-13H,7-10H2,1H3. The number of halogens is 1. The van der Waals surface area contributed by atoms with Crippen LogP contribution in [0.1, 0.15) is 29.2 Å². The van der Waals surface area contributed by atoms with Gasteiger partial charge >= 0.3 is 0 Å². The van der Waals surface area contributed by atoms with E-state index in [1.165, 1.54) is 0 Å². The molecule has 1 saturated heterocycles. The van der Waals surface area contributed by atoms with E-state index < -0.39 is 0 Å². The fourth-order valence-corrected chi connectivity index (χ4v) is 3.91. The van der Waals surface area contributed by atoms with Gasteiger partial charge < -0.3 is 9.42 Å². The summed E-state index contributed by atoms with van der Waals surface area (Å²) < 4.78 is 5.48. The number of thiophene rings is 1. The molecule has 1 amide bonds. The monoisotopic (exact) mass is 402 g/mol. The Morgan fingerprint density at radius 2 is 1.93 bits per heavy atom. The summed E-state index contributed by atoms with van der Waals surface area (Å²) >= 11 is 7.47. The molecule has 1 aromatic carbocycles. The minimum absolute atomic E-state index is 0.00282. The molecule has 3 heterocycles. The molecule has 1 atom stereocenters. The molecule has 4 rings (SSSR count). The molecule has 1 unspecified atom stereocenters. The van der Waals surface area contributed by atoms with Crippen molar-refractivity contribution in [3.63, 3.8) is 0 Å². The minimum Gasteiger partial charge on any atom is -0.337 e. The SMILES string of the molecule is CC(c1nc(-c2ccc(Cl)cc2)no1)N1CCN(C(=O)c2ccsc2)CC1. The van der Waals surface area contributed by atoms with Crippen molar-refractivity contribution in [3.8, 4) is 11.4 Å². The summed E-state index contributed by atoms with van der Waals surface area (Å²) in [5.74, 6) is 1.24. The van der Waals surface area contributed by atoms with Gasteiger partial charge in [-0.1, -0.05) is 16.8 Å². The molecule has 8 heteroatoms. The first-order valence-electron chi connectivity index (χ1n) is 8.77. The van der Waals surface area contributed by atoms with Gasteiger partial charge in [-0.05, 0) is 42.6 Å². The summed E-state index contributed by atoms with van der Waals surface area (Å²) in [7, 11) is 0. The summed E-state index contributed by atoms with van der Waals surface area (Å²) in [4.78, 5) is 21.2. The maximum Gasteiger partial charge on any atom is 0.254 e. The maximum atomic E-state index is 12.5. The third-order valence-corrected chi connectivity index (χ3v) is 5.75.